The van der Waals surface area contributed by atoms with Crippen LogP contribution in [0.3, 0.4) is 0 Å². The Kier molecular flexibility index (Phi) is 5.36. The Morgan fingerprint density at radius 3 is 2.47 bits per heavy atom. The summed E-state index contributed by atoms with van der Waals surface area (Å²) in [5.41, 5.74) is 2.40. The maximum Gasteiger partial charge on any atom is 0.256 e. The second-order valence-corrected chi connectivity index (χ2v) is 10.7. The fraction of sp³-hybridized carbons (Fsp3) is 0.240. The van der Waals surface area contributed by atoms with E-state index in [0.717, 1.165) is 24.7 Å². The van der Waals surface area contributed by atoms with Crippen molar-refractivity contribution < 1.29 is 22.7 Å². The largest absolute Gasteiger partial charge is 0.457 e. The van der Waals surface area contributed by atoms with Gasteiger partial charge in [0.05, 0.1) is 11.4 Å². The van der Waals surface area contributed by atoms with Gasteiger partial charge in [-0.05, 0) is 67.8 Å². The van der Waals surface area contributed by atoms with Gasteiger partial charge in [-0.3, -0.25) is 9.59 Å². The maximum atomic E-state index is 13.1. The van der Waals surface area contributed by atoms with Crippen molar-refractivity contribution in [2.24, 2.45) is 0 Å². The number of fused-ring (bicyclic) bond motifs is 1. The summed E-state index contributed by atoms with van der Waals surface area (Å²) in [6.07, 6.45) is 4.73. The molecule has 0 bridgehead atoms. The molecule has 1 aliphatic heterocycles. The highest BCUT2D eigenvalue weighted by Crippen LogP contribution is 2.40. The van der Waals surface area contributed by atoms with Crippen LogP contribution in [0.5, 0.6) is 11.5 Å². The van der Waals surface area contributed by atoms with Crippen molar-refractivity contribution in [2.45, 2.75) is 37.2 Å². The topological polar surface area (TPSA) is 106 Å². The van der Waals surface area contributed by atoms with Gasteiger partial charge in [-0.1, -0.05) is 6.07 Å². The number of sulfone groups is 1. The number of ether oxygens (including phenoxy) is 1. The Labute approximate surface area is 197 Å². The van der Waals surface area contributed by atoms with Crippen LogP contribution in [0.4, 0.5) is 5.82 Å². The molecule has 174 valence electrons. The van der Waals surface area contributed by atoms with E-state index in [2.05, 4.69) is 10.3 Å². The Morgan fingerprint density at radius 1 is 1.12 bits per heavy atom. The molecule has 9 heteroatoms. The second-order valence-electron chi connectivity index (χ2n) is 8.69. The van der Waals surface area contributed by atoms with Crippen LogP contribution in [-0.2, 0) is 16.4 Å². The van der Waals surface area contributed by atoms with Gasteiger partial charge in [0, 0.05) is 35.2 Å². The Morgan fingerprint density at radius 2 is 1.85 bits per heavy atom. The third-order valence-corrected chi connectivity index (χ3v) is 7.04. The lowest BCUT2D eigenvalue weighted by Gasteiger charge is -2.14. The van der Waals surface area contributed by atoms with E-state index in [-0.39, 0.29) is 22.4 Å². The van der Waals surface area contributed by atoms with Crippen molar-refractivity contribution in [1.82, 2.24) is 9.88 Å². The second kappa shape index (κ2) is 8.25. The van der Waals surface area contributed by atoms with E-state index in [9.17, 15) is 18.0 Å². The molecule has 34 heavy (non-hydrogen) atoms. The van der Waals surface area contributed by atoms with Gasteiger partial charge >= 0.3 is 0 Å². The van der Waals surface area contributed by atoms with Crippen LogP contribution in [0, 0.1) is 6.92 Å². The molecule has 8 nitrogen and oxygen atoms in total. The van der Waals surface area contributed by atoms with E-state index in [4.69, 9.17) is 4.74 Å². The normalized spacial score (nSPS) is 15.2. The first-order chi connectivity index (χ1) is 16.2. The minimum absolute atomic E-state index is 0.113. The van der Waals surface area contributed by atoms with Crippen LogP contribution in [0.15, 0.2) is 59.6 Å². The quantitative estimate of drug-likeness (QED) is 0.576. The standard InChI is InChI=1S/C25H23N3O5S/c1-15-3-10-23(26-13-15)27-24(29)16-11-20-21(14-28(25(20)30)17-4-5-17)22(12-16)33-18-6-8-19(9-7-18)34(2,31)32/h3,6-13,17H,4-5,14H2,1-2H3,(H,26,27,29). The number of rotatable bonds is 6. The number of pyridine rings is 1. The van der Waals surface area contributed by atoms with Crippen LogP contribution in [-0.4, -0.2) is 42.4 Å². The minimum Gasteiger partial charge on any atom is -0.457 e. The SMILES string of the molecule is Cc1ccc(NC(=O)c2cc(Oc3ccc(S(C)(=O)=O)cc3)c3c(c2)C(=O)N(C2CC2)C3)nc1. The maximum absolute atomic E-state index is 13.1. The average molecular weight is 478 g/mol. The third-order valence-electron chi connectivity index (χ3n) is 5.91. The molecule has 1 aliphatic carbocycles. The van der Waals surface area contributed by atoms with Crippen molar-refractivity contribution in [3.63, 3.8) is 0 Å². The first kappa shape index (κ1) is 22.1. The van der Waals surface area contributed by atoms with Gasteiger partial charge in [0.15, 0.2) is 9.84 Å². The molecular formula is C25H23N3O5S. The number of nitrogens with one attached hydrogen (secondary N) is 1. The summed E-state index contributed by atoms with van der Waals surface area (Å²) in [5.74, 6) is 0.681. The zero-order valence-corrected chi connectivity index (χ0v) is 19.6. The van der Waals surface area contributed by atoms with Crippen molar-refractivity contribution in [3.8, 4) is 11.5 Å². The monoisotopic (exact) mass is 477 g/mol. The van der Waals surface area contributed by atoms with Crippen molar-refractivity contribution >= 4 is 27.5 Å². The Hall–Kier alpha value is -3.72. The number of amides is 2. The van der Waals surface area contributed by atoms with Gasteiger partial charge in [-0.15, -0.1) is 0 Å². The minimum atomic E-state index is -3.34. The molecular weight excluding hydrogens is 454 g/mol. The van der Waals surface area contributed by atoms with E-state index in [0.29, 0.717) is 35.0 Å². The smallest absolute Gasteiger partial charge is 0.256 e. The van der Waals surface area contributed by atoms with Crippen LogP contribution in [0.25, 0.3) is 0 Å². The molecule has 0 spiro atoms. The lowest BCUT2D eigenvalue weighted by molar-refractivity contribution is 0.0766. The number of anilines is 1. The highest BCUT2D eigenvalue weighted by Gasteiger charge is 2.40. The summed E-state index contributed by atoms with van der Waals surface area (Å²) in [5, 5.41) is 2.76. The number of aromatic nitrogens is 1. The summed E-state index contributed by atoms with van der Waals surface area (Å²) < 4.78 is 29.6. The van der Waals surface area contributed by atoms with Gasteiger partial charge in [0.25, 0.3) is 11.8 Å². The summed E-state index contributed by atoms with van der Waals surface area (Å²) >= 11 is 0. The number of carbonyl (C=O) groups excluding carboxylic acids is 2. The summed E-state index contributed by atoms with van der Waals surface area (Å²) in [6, 6.07) is 13.0. The molecule has 0 unspecified atom stereocenters. The molecule has 2 aromatic carbocycles. The summed E-state index contributed by atoms with van der Waals surface area (Å²) in [7, 11) is -3.34. The molecule has 1 N–H and O–H groups in total. The lowest BCUT2D eigenvalue weighted by atomic mass is 10.0. The molecule has 1 aromatic heterocycles. The number of hydrogen-bond donors (Lipinski definition) is 1. The summed E-state index contributed by atoms with van der Waals surface area (Å²) in [6.45, 7) is 2.32. The van der Waals surface area contributed by atoms with Gasteiger partial charge in [-0.2, -0.15) is 0 Å². The molecule has 5 rings (SSSR count). The molecule has 2 heterocycles. The average Bonchev–Trinajstić information content (AvgIpc) is 3.58. The van der Waals surface area contributed by atoms with E-state index >= 15 is 0 Å². The molecule has 3 aromatic rings. The first-order valence-corrected chi connectivity index (χ1v) is 12.8. The van der Waals surface area contributed by atoms with Crippen LogP contribution in [0.2, 0.25) is 0 Å². The molecule has 1 fully saturated rings. The van der Waals surface area contributed by atoms with E-state index in [1.54, 1.807) is 36.5 Å². The van der Waals surface area contributed by atoms with E-state index < -0.39 is 15.7 Å². The van der Waals surface area contributed by atoms with Crippen LogP contribution < -0.4 is 10.1 Å². The predicted molar refractivity (Wildman–Crippen MR) is 126 cm³/mol. The summed E-state index contributed by atoms with van der Waals surface area (Å²) in [4.78, 5) is 32.3. The molecule has 2 aliphatic rings. The third kappa shape index (κ3) is 4.38. The van der Waals surface area contributed by atoms with Gasteiger partial charge in [-0.25, -0.2) is 13.4 Å². The van der Waals surface area contributed by atoms with E-state index in [1.165, 1.54) is 12.1 Å². The Bertz CT molecular complexity index is 1400. The van der Waals surface area contributed by atoms with Crippen LogP contribution in [0.1, 0.15) is 44.7 Å². The predicted octanol–water partition coefficient (Wildman–Crippen LogP) is 3.96. The van der Waals surface area contributed by atoms with Crippen molar-refractivity contribution in [2.75, 3.05) is 11.6 Å². The van der Waals surface area contributed by atoms with Crippen molar-refractivity contribution in [3.05, 3.63) is 77.0 Å². The fourth-order valence-electron chi connectivity index (χ4n) is 3.91. The number of benzene rings is 2. The molecule has 1 saturated carbocycles. The fourth-order valence-corrected chi connectivity index (χ4v) is 4.54. The number of aryl methyl sites for hydroxylation is 1. The Balaban J connectivity index is 1.49. The first-order valence-electron chi connectivity index (χ1n) is 10.9. The zero-order valence-electron chi connectivity index (χ0n) is 18.7. The van der Waals surface area contributed by atoms with Gasteiger partial charge in [0.2, 0.25) is 0 Å². The lowest BCUT2D eigenvalue weighted by Crippen LogP contribution is -2.26. The number of hydrogen-bond acceptors (Lipinski definition) is 6. The molecule has 2 amide bonds. The van der Waals surface area contributed by atoms with Crippen LogP contribution >= 0.6 is 0 Å². The van der Waals surface area contributed by atoms with Gasteiger partial charge in [0.1, 0.15) is 17.3 Å². The van der Waals surface area contributed by atoms with Gasteiger partial charge < -0.3 is 15.0 Å². The molecule has 0 atom stereocenters. The zero-order chi connectivity index (χ0) is 24.0. The molecule has 0 saturated heterocycles. The highest BCUT2D eigenvalue weighted by atomic mass is 32.2. The number of nitrogens with zero attached hydrogens (tertiary/aromatic N) is 2. The number of carbonyl (C=O) groups is 2. The molecule has 0 radical (unpaired) electrons. The van der Waals surface area contributed by atoms with E-state index in [1.807, 2.05) is 17.9 Å². The van der Waals surface area contributed by atoms with Crippen molar-refractivity contribution in [1.29, 1.82) is 0 Å². The highest BCUT2D eigenvalue weighted by molar-refractivity contribution is 7.90.